The summed E-state index contributed by atoms with van der Waals surface area (Å²) in [5.74, 6) is -2.15. The Morgan fingerprint density at radius 2 is 1.72 bits per heavy atom. The molecule has 2 aromatic rings. The first-order valence-corrected chi connectivity index (χ1v) is 10.1. The number of nitrogens with one attached hydrogen (secondary N) is 1. The number of nitrogens with zero attached hydrogens (tertiary/aromatic N) is 2. The molecule has 0 aliphatic carbocycles. The summed E-state index contributed by atoms with van der Waals surface area (Å²) in [6, 6.07) is 6.27. The molecule has 3 rings (SSSR count). The fraction of sp³-hybridized carbons (Fsp3) is 0.381. The van der Waals surface area contributed by atoms with Gasteiger partial charge in [0.15, 0.2) is 0 Å². The van der Waals surface area contributed by atoms with Crippen LogP contribution < -0.4 is 10.2 Å². The zero-order valence-electron chi connectivity index (χ0n) is 17.2. The number of hydrogen-bond donors (Lipinski definition) is 3. The minimum Gasteiger partial charge on any atom is -0.481 e. The molecule has 0 radical (unpaired) electrons. The Balaban J connectivity index is 0.000000390. The summed E-state index contributed by atoms with van der Waals surface area (Å²) in [5, 5.41) is 19.7. The van der Waals surface area contributed by atoms with E-state index in [1.165, 1.54) is 17.8 Å². The van der Waals surface area contributed by atoms with Gasteiger partial charge >= 0.3 is 18.1 Å². The highest BCUT2D eigenvalue weighted by Gasteiger charge is 2.32. The van der Waals surface area contributed by atoms with Gasteiger partial charge in [0.2, 0.25) is 0 Å². The van der Waals surface area contributed by atoms with Gasteiger partial charge in [0.1, 0.15) is 5.69 Å². The first-order valence-electron chi connectivity index (χ1n) is 9.72. The molecule has 0 saturated carbocycles. The highest BCUT2D eigenvalue weighted by molar-refractivity contribution is 6.33. The van der Waals surface area contributed by atoms with Crippen molar-refractivity contribution in [1.29, 1.82) is 0 Å². The summed E-state index contributed by atoms with van der Waals surface area (Å²) >= 11 is 6.40. The standard InChI is InChI=1S/C17H17ClF3N3.C4H6O4/c1-24(12-3-5-15(23-10-12)17(19,20)21)16-13-7-9-22-8-6-11(13)2-4-14(16)18;5-3(6)1-2-4(7)8/h2-5,10,22H,6-9H2,1H3;1-2H2,(H,5,6)(H,7,8). The summed E-state index contributed by atoms with van der Waals surface area (Å²) in [5.41, 5.74) is 2.85. The monoisotopic (exact) mass is 473 g/mol. The molecule has 3 N–H and O–H groups in total. The second-order valence-electron chi connectivity index (χ2n) is 7.03. The Morgan fingerprint density at radius 1 is 1.09 bits per heavy atom. The van der Waals surface area contributed by atoms with Crippen LogP contribution in [0.4, 0.5) is 24.5 Å². The third kappa shape index (κ3) is 7.10. The van der Waals surface area contributed by atoms with Gasteiger partial charge in [0, 0.05) is 7.05 Å². The fourth-order valence-corrected chi connectivity index (χ4v) is 3.49. The lowest BCUT2D eigenvalue weighted by Crippen LogP contribution is -2.17. The number of aliphatic carboxylic acids is 2. The molecule has 1 aromatic heterocycles. The van der Waals surface area contributed by atoms with Crippen LogP contribution >= 0.6 is 11.6 Å². The number of carboxylic acid groups (broad SMARTS) is 2. The number of anilines is 2. The molecule has 2 heterocycles. The van der Waals surface area contributed by atoms with E-state index in [9.17, 15) is 22.8 Å². The van der Waals surface area contributed by atoms with Crippen LogP contribution in [0.2, 0.25) is 5.02 Å². The van der Waals surface area contributed by atoms with Crippen LogP contribution in [0.5, 0.6) is 0 Å². The summed E-state index contributed by atoms with van der Waals surface area (Å²) in [4.78, 5) is 24.6. The first kappa shape index (κ1) is 25.4. The van der Waals surface area contributed by atoms with Crippen molar-refractivity contribution in [3.8, 4) is 0 Å². The molecule has 0 saturated heterocycles. The molecule has 7 nitrogen and oxygen atoms in total. The van der Waals surface area contributed by atoms with Crippen molar-refractivity contribution in [2.75, 3.05) is 25.0 Å². The van der Waals surface area contributed by atoms with Crippen LogP contribution in [0.15, 0.2) is 30.5 Å². The quantitative estimate of drug-likeness (QED) is 0.599. The third-order valence-electron chi connectivity index (χ3n) is 4.77. The number of carboxylic acids is 2. The molecule has 0 unspecified atom stereocenters. The van der Waals surface area contributed by atoms with E-state index in [1.54, 1.807) is 11.9 Å². The van der Waals surface area contributed by atoms with Crippen molar-refractivity contribution in [3.63, 3.8) is 0 Å². The normalized spacial score (nSPS) is 13.3. The predicted octanol–water partition coefficient (Wildman–Crippen LogP) is 4.15. The van der Waals surface area contributed by atoms with E-state index in [4.69, 9.17) is 21.8 Å². The number of rotatable bonds is 5. The van der Waals surface area contributed by atoms with Crippen molar-refractivity contribution in [2.45, 2.75) is 31.9 Å². The van der Waals surface area contributed by atoms with Gasteiger partial charge in [0.05, 0.1) is 35.4 Å². The molecular weight excluding hydrogens is 451 g/mol. The Labute approximate surface area is 187 Å². The van der Waals surface area contributed by atoms with Crippen molar-refractivity contribution in [3.05, 3.63) is 52.3 Å². The molecule has 32 heavy (non-hydrogen) atoms. The van der Waals surface area contributed by atoms with E-state index < -0.39 is 23.8 Å². The van der Waals surface area contributed by atoms with Gasteiger partial charge in [-0.3, -0.25) is 9.59 Å². The van der Waals surface area contributed by atoms with Crippen molar-refractivity contribution < 1.29 is 33.0 Å². The van der Waals surface area contributed by atoms with E-state index in [0.29, 0.717) is 10.7 Å². The van der Waals surface area contributed by atoms with Crippen LogP contribution in [0, 0.1) is 0 Å². The van der Waals surface area contributed by atoms with Crippen LogP contribution in [-0.4, -0.2) is 47.3 Å². The number of hydrogen-bond acceptors (Lipinski definition) is 5. The van der Waals surface area contributed by atoms with Crippen LogP contribution in [0.1, 0.15) is 29.7 Å². The van der Waals surface area contributed by atoms with E-state index in [2.05, 4.69) is 10.3 Å². The highest BCUT2D eigenvalue weighted by atomic mass is 35.5. The van der Waals surface area contributed by atoms with Gasteiger partial charge in [-0.15, -0.1) is 0 Å². The SMILES string of the molecule is CN(c1ccc(C(F)(F)F)nc1)c1c(Cl)ccc2c1CCNCC2.O=C(O)CCC(=O)O. The first-order chi connectivity index (χ1) is 15.0. The number of carbonyl (C=O) groups is 2. The van der Waals surface area contributed by atoms with Gasteiger partial charge in [-0.25, -0.2) is 4.98 Å². The summed E-state index contributed by atoms with van der Waals surface area (Å²) < 4.78 is 38.0. The lowest BCUT2D eigenvalue weighted by atomic mass is 10.00. The minimum atomic E-state index is -4.44. The van der Waals surface area contributed by atoms with Crippen LogP contribution in [0.3, 0.4) is 0 Å². The average Bonchev–Trinajstić information content (AvgIpc) is 2.97. The van der Waals surface area contributed by atoms with E-state index >= 15 is 0 Å². The maximum atomic E-state index is 12.7. The molecule has 1 aliphatic rings. The largest absolute Gasteiger partial charge is 0.481 e. The summed E-state index contributed by atoms with van der Waals surface area (Å²) in [6.45, 7) is 1.75. The Kier molecular flexibility index (Phi) is 8.85. The zero-order valence-corrected chi connectivity index (χ0v) is 18.0. The maximum absolute atomic E-state index is 12.7. The molecule has 0 fully saturated rings. The van der Waals surface area contributed by atoms with Gasteiger partial charge < -0.3 is 20.4 Å². The molecule has 174 valence electrons. The maximum Gasteiger partial charge on any atom is 0.433 e. The topological polar surface area (TPSA) is 103 Å². The smallest absolute Gasteiger partial charge is 0.433 e. The van der Waals surface area contributed by atoms with Gasteiger partial charge in [-0.05, 0) is 55.3 Å². The van der Waals surface area contributed by atoms with Gasteiger partial charge in [0.25, 0.3) is 0 Å². The molecule has 1 aromatic carbocycles. The fourth-order valence-electron chi connectivity index (χ4n) is 3.18. The third-order valence-corrected chi connectivity index (χ3v) is 5.07. The van der Waals surface area contributed by atoms with Gasteiger partial charge in [-0.2, -0.15) is 13.2 Å². The van der Waals surface area contributed by atoms with Gasteiger partial charge in [-0.1, -0.05) is 17.7 Å². The molecule has 0 bridgehead atoms. The Bertz CT molecular complexity index is 939. The molecule has 11 heteroatoms. The number of pyridine rings is 1. The number of alkyl halides is 3. The average molecular weight is 474 g/mol. The summed E-state index contributed by atoms with van der Waals surface area (Å²) in [6.07, 6.45) is -2.08. The second kappa shape index (κ2) is 11.1. The number of fused-ring (bicyclic) bond motifs is 1. The molecular formula is C21H23ClF3N3O4. The molecule has 0 atom stereocenters. The van der Waals surface area contributed by atoms with Crippen LogP contribution in [-0.2, 0) is 28.6 Å². The number of halogens is 4. The highest BCUT2D eigenvalue weighted by Crippen LogP contribution is 2.37. The predicted molar refractivity (Wildman–Crippen MR) is 114 cm³/mol. The van der Waals surface area contributed by atoms with Crippen LogP contribution in [0.25, 0.3) is 0 Å². The van der Waals surface area contributed by atoms with E-state index in [0.717, 1.165) is 43.2 Å². The molecule has 1 aliphatic heterocycles. The Morgan fingerprint density at radius 3 is 2.25 bits per heavy atom. The summed E-state index contributed by atoms with van der Waals surface area (Å²) in [7, 11) is 1.80. The Hall–Kier alpha value is -2.85. The number of aromatic nitrogens is 1. The lowest BCUT2D eigenvalue weighted by Gasteiger charge is -2.25. The van der Waals surface area contributed by atoms with Crippen molar-refractivity contribution in [1.82, 2.24) is 10.3 Å². The van der Waals surface area contributed by atoms with E-state index in [1.807, 2.05) is 12.1 Å². The molecule has 0 spiro atoms. The minimum absolute atomic E-state index is 0.296. The van der Waals surface area contributed by atoms with Crippen molar-refractivity contribution >= 4 is 34.9 Å². The second-order valence-corrected chi connectivity index (χ2v) is 7.44. The van der Waals surface area contributed by atoms with Crippen molar-refractivity contribution in [2.24, 2.45) is 0 Å². The molecule has 0 amide bonds. The zero-order chi connectivity index (χ0) is 23.9. The lowest BCUT2D eigenvalue weighted by molar-refractivity contribution is -0.143. The number of benzene rings is 1. The van der Waals surface area contributed by atoms with E-state index in [-0.39, 0.29) is 12.8 Å².